The Morgan fingerprint density at radius 2 is 1.67 bits per heavy atom. The molecule has 43 heavy (non-hydrogen) atoms. The number of nitrogen functional groups attached to an aromatic ring is 1. The first-order valence-electron chi connectivity index (χ1n) is 15.2. The van der Waals surface area contributed by atoms with Crippen LogP contribution < -0.4 is 16.4 Å². The van der Waals surface area contributed by atoms with E-state index in [2.05, 4.69) is 36.6 Å². The molecule has 0 aliphatic heterocycles. The standard InChI is InChI=1S/C35H42N3O4P/c1-23(2)43-41-22-26(38-35(40)42-33-30-16-6-4-14-28(30)29-15-5-7-17-31(29)33)21-25-12-9-18-27(25)34(39)37-20-10-13-24-11-3-8-19-32(24)36/h3-8,11,14-17,19,21,23,26-27,33,43H,9-10,12-13,18,20,22,36H2,1-2H3,(H,37,39)(H,38,40)/b25-21-. The van der Waals surface area contributed by atoms with Crippen molar-refractivity contribution < 1.29 is 18.8 Å². The number of hydrogen-bond acceptors (Lipinski definition) is 5. The number of alkyl carbamates (subject to hydrolysis) is 1. The zero-order valence-corrected chi connectivity index (χ0v) is 26.0. The summed E-state index contributed by atoms with van der Waals surface area (Å²) in [5.74, 6) is -0.168. The Balaban J connectivity index is 1.22. The zero-order chi connectivity index (χ0) is 30.2. The number of benzene rings is 3. The highest BCUT2D eigenvalue weighted by Gasteiger charge is 2.32. The molecular weight excluding hydrogens is 557 g/mol. The maximum Gasteiger partial charge on any atom is 0.408 e. The van der Waals surface area contributed by atoms with Crippen LogP contribution >= 0.6 is 8.81 Å². The Morgan fingerprint density at radius 1 is 1.00 bits per heavy atom. The minimum atomic E-state index is -0.506. The molecule has 0 aromatic heterocycles. The second-order valence-electron chi connectivity index (χ2n) is 11.6. The van der Waals surface area contributed by atoms with E-state index in [4.69, 9.17) is 15.0 Å². The molecule has 2 aliphatic rings. The van der Waals surface area contributed by atoms with Crippen LogP contribution in [0.5, 0.6) is 0 Å². The lowest BCUT2D eigenvalue weighted by molar-refractivity contribution is -0.123. The minimum absolute atomic E-state index is 0.0373. The number of nitrogens with two attached hydrogens (primary N) is 1. The van der Waals surface area contributed by atoms with Crippen LogP contribution in [0.25, 0.3) is 11.1 Å². The highest BCUT2D eigenvalue weighted by atomic mass is 31.1. The molecule has 3 aromatic carbocycles. The van der Waals surface area contributed by atoms with Crippen molar-refractivity contribution in [1.29, 1.82) is 0 Å². The number of para-hydroxylation sites is 1. The lowest BCUT2D eigenvalue weighted by Crippen LogP contribution is -2.38. The predicted octanol–water partition coefficient (Wildman–Crippen LogP) is 6.93. The summed E-state index contributed by atoms with van der Waals surface area (Å²) in [6, 6.07) is 23.5. The third kappa shape index (κ3) is 7.84. The van der Waals surface area contributed by atoms with E-state index >= 15 is 0 Å². The van der Waals surface area contributed by atoms with E-state index in [0.29, 0.717) is 27.6 Å². The Bertz CT molecular complexity index is 1410. The van der Waals surface area contributed by atoms with Crippen LogP contribution in [-0.2, 0) is 20.5 Å². The van der Waals surface area contributed by atoms with Crippen LogP contribution in [0, 0.1) is 5.92 Å². The summed E-state index contributed by atoms with van der Waals surface area (Å²) in [7, 11) is 0.316. The van der Waals surface area contributed by atoms with E-state index in [-0.39, 0.29) is 11.8 Å². The van der Waals surface area contributed by atoms with Crippen LogP contribution in [0.15, 0.2) is 84.4 Å². The van der Waals surface area contributed by atoms with Gasteiger partial charge < -0.3 is 25.6 Å². The predicted molar refractivity (Wildman–Crippen MR) is 174 cm³/mol. The number of carbonyl (C=O) groups excluding carboxylic acids is 2. The molecule has 2 amide bonds. The molecule has 0 spiro atoms. The van der Waals surface area contributed by atoms with E-state index in [1.807, 2.05) is 66.7 Å². The third-order valence-electron chi connectivity index (χ3n) is 8.00. The van der Waals surface area contributed by atoms with Crippen LogP contribution in [0.1, 0.15) is 62.3 Å². The molecule has 1 saturated carbocycles. The molecule has 3 aromatic rings. The molecule has 0 radical (unpaired) electrons. The Kier molecular flexibility index (Phi) is 10.5. The molecule has 0 bridgehead atoms. The lowest BCUT2D eigenvalue weighted by Gasteiger charge is -2.21. The molecule has 3 unspecified atom stereocenters. The first kappa shape index (κ1) is 30.8. The number of aryl methyl sites for hydroxylation is 1. The first-order chi connectivity index (χ1) is 20.9. The SMILES string of the molecule is CC(C)POCC(/C=C1/CCCC1C(=O)NCCCc1ccccc1N)NC(=O)OC1c2ccccc2-c2ccccc21. The van der Waals surface area contributed by atoms with Gasteiger partial charge >= 0.3 is 6.09 Å². The van der Waals surface area contributed by atoms with Gasteiger partial charge in [0, 0.05) is 32.2 Å². The zero-order valence-electron chi connectivity index (χ0n) is 25.0. The van der Waals surface area contributed by atoms with Gasteiger partial charge in [0.15, 0.2) is 6.10 Å². The highest BCUT2D eigenvalue weighted by molar-refractivity contribution is 7.33. The number of nitrogens with one attached hydrogen (secondary N) is 2. The van der Waals surface area contributed by atoms with Gasteiger partial charge in [-0.25, -0.2) is 4.79 Å². The molecule has 0 heterocycles. The van der Waals surface area contributed by atoms with Crippen molar-refractivity contribution in [1.82, 2.24) is 10.6 Å². The number of anilines is 1. The van der Waals surface area contributed by atoms with Crippen molar-refractivity contribution >= 4 is 26.5 Å². The lowest BCUT2D eigenvalue weighted by atomic mass is 9.99. The van der Waals surface area contributed by atoms with Crippen molar-refractivity contribution in [2.24, 2.45) is 5.92 Å². The fourth-order valence-corrected chi connectivity index (χ4v) is 6.58. The Hall–Kier alpha value is -3.67. The molecule has 4 N–H and O–H groups in total. The van der Waals surface area contributed by atoms with Crippen LogP contribution in [0.2, 0.25) is 0 Å². The van der Waals surface area contributed by atoms with Gasteiger partial charge in [-0.2, -0.15) is 0 Å². The largest absolute Gasteiger partial charge is 0.436 e. The van der Waals surface area contributed by atoms with Gasteiger partial charge in [-0.1, -0.05) is 92.2 Å². The number of fused-ring (bicyclic) bond motifs is 3. The molecule has 5 rings (SSSR count). The highest BCUT2D eigenvalue weighted by Crippen LogP contribution is 2.45. The summed E-state index contributed by atoms with van der Waals surface area (Å²) in [5, 5.41) is 6.16. The number of amides is 2. The molecule has 0 saturated heterocycles. The van der Waals surface area contributed by atoms with E-state index in [1.165, 1.54) is 0 Å². The molecule has 8 heteroatoms. The van der Waals surface area contributed by atoms with Gasteiger partial charge in [-0.15, -0.1) is 0 Å². The Labute approximate surface area is 256 Å². The summed E-state index contributed by atoms with van der Waals surface area (Å²) < 4.78 is 12.0. The van der Waals surface area contributed by atoms with Gasteiger partial charge in [0.1, 0.15) is 0 Å². The summed E-state index contributed by atoms with van der Waals surface area (Å²) in [6.07, 6.45) is 5.23. The quantitative estimate of drug-likeness (QED) is 0.0907. The Morgan fingerprint density at radius 3 is 2.37 bits per heavy atom. The summed E-state index contributed by atoms with van der Waals surface area (Å²) >= 11 is 0. The maximum atomic E-state index is 13.3. The summed E-state index contributed by atoms with van der Waals surface area (Å²) in [6.45, 7) is 5.12. The van der Waals surface area contributed by atoms with E-state index in [1.54, 1.807) is 0 Å². The van der Waals surface area contributed by atoms with Gasteiger partial charge in [-0.05, 0) is 60.5 Å². The molecular formula is C35H42N3O4P. The average molecular weight is 600 g/mol. The van der Waals surface area contributed by atoms with Gasteiger partial charge in [0.2, 0.25) is 5.91 Å². The average Bonchev–Trinajstić information content (AvgIpc) is 3.59. The summed E-state index contributed by atoms with van der Waals surface area (Å²) in [4.78, 5) is 26.5. The van der Waals surface area contributed by atoms with E-state index in [0.717, 1.165) is 71.2 Å². The van der Waals surface area contributed by atoms with Crippen molar-refractivity contribution in [2.45, 2.75) is 63.8 Å². The normalized spacial score (nSPS) is 17.7. The topological polar surface area (TPSA) is 103 Å². The second kappa shape index (κ2) is 14.7. The van der Waals surface area contributed by atoms with Crippen molar-refractivity contribution in [3.05, 3.63) is 101 Å². The van der Waals surface area contributed by atoms with Gasteiger partial charge in [0.05, 0.1) is 18.6 Å². The maximum absolute atomic E-state index is 13.3. The molecule has 7 nitrogen and oxygen atoms in total. The molecule has 226 valence electrons. The number of hydrogen-bond donors (Lipinski definition) is 3. The van der Waals surface area contributed by atoms with Crippen LogP contribution in [0.3, 0.4) is 0 Å². The molecule has 3 atom stereocenters. The van der Waals surface area contributed by atoms with Crippen LogP contribution in [0.4, 0.5) is 10.5 Å². The fourth-order valence-electron chi connectivity index (χ4n) is 5.97. The molecule has 2 aliphatic carbocycles. The third-order valence-corrected chi connectivity index (χ3v) is 8.81. The van der Waals surface area contributed by atoms with Crippen molar-refractivity contribution in [3.63, 3.8) is 0 Å². The van der Waals surface area contributed by atoms with Gasteiger partial charge in [0.25, 0.3) is 0 Å². The first-order valence-corrected chi connectivity index (χ1v) is 16.2. The smallest absolute Gasteiger partial charge is 0.408 e. The number of carbonyl (C=O) groups is 2. The van der Waals surface area contributed by atoms with E-state index in [9.17, 15) is 9.59 Å². The van der Waals surface area contributed by atoms with Gasteiger partial charge in [-0.3, -0.25) is 4.79 Å². The van der Waals surface area contributed by atoms with E-state index < -0.39 is 18.2 Å². The number of ether oxygens (including phenoxy) is 1. The fraction of sp³-hybridized carbons (Fsp3) is 0.371. The minimum Gasteiger partial charge on any atom is -0.436 e. The molecule has 1 fully saturated rings. The van der Waals surface area contributed by atoms with Crippen LogP contribution in [-0.4, -0.2) is 36.9 Å². The number of rotatable bonds is 12. The summed E-state index contributed by atoms with van der Waals surface area (Å²) in [5.41, 5.74) is 13.5. The second-order valence-corrected chi connectivity index (χ2v) is 13.3. The monoisotopic (exact) mass is 599 g/mol. The van der Waals surface area contributed by atoms with Crippen molar-refractivity contribution in [3.8, 4) is 11.1 Å². The van der Waals surface area contributed by atoms with Crippen molar-refractivity contribution in [2.75, 3.05) is 18.9 Å².